The zero-order chi connectivity index (χ0) is 13.5. The first-order chi connectivity index (χ1) is 9.31. The van der Waals surface area contributed by atoms with Crippen LogP contribution in [0.15, 0.2) is 48.5 Å². The Bertz CT molecular complexity index is 610. The van der Waals surface area contributed by atoms with Crippen molar-refractivity contribution < 1.29 is 4.74 Å². The average molecular weight is 252 g/mol. The Hall–Kier alpha value is -3.18. The largest absolute Gasteiger partial charge is 0.498 e. The molecular weight excluding hydrogens is 244 g/mol. The minimum Gasteiger partial charge on any atom is -0.498 e. The molecule has 0 aliphatic rings. The second-order valence-electron chi connectivity index (χ2n) is 3.56. The van der Waals surface area contributed by atoms with Crippen LogP contribution in [0.1, 0.15) is 11.1 Å². The normalized spacial score (nSPS) is 8.63. The van der Waals surface area contributed by atoms with Gasteiger partial charge in [0.1, 0.15) is 22.6 Å². The third-order valence-corrected chi connectivity index (χ3v) is 2.29. The summed E-state index contributed by atoms with van der Waals surface area (Å²) in [4.78, 5) is 0. The van der Waals surface area contributed by atoms with E-state index in [2.05, 4.69) is 22.2 Å². The maximum absolute atomic E-state index is 10.0. The Labute approximate surface area is 109 Å². The molecule has 0 saturated heterocycles. The summed E-state index contributed by atoms with van der Waals surface area (Å²) in [6.07, 6.45) is 0. The third-order valence-electron chi connectivity index (χ3n) is 2.29. The van der Waals surface area contributed by atoms with Crippen LogP contribution in [-0.4, -0.2) is 0 Å². The Morgan fingerprint density at radius 2 is 1.05 bits per heavy atom. The fraction of sp³-hybridized carbons (Fsp3) is 0. The van der Waals surface area contributed by atoms with Crippen LogP contribution < -0.4 is 4.74 Å². The van der Waals surface area contributed by atoms with E-state index in [0.29, 0.717) is 22.6 Å². The van der Waals surface area contributed by atoms with E-state index in [-0.39, 0.29) is 0 Å². The van der Waals surface area contributed by atoms with Gasteiger partial charge in [-0.3, -0.25) is 0 Å². The van der Waals surface area contributed by atoms with Crippen molar-refractivity contribution in [3.63, 3.8) is 0 Å². The first-order valence-electron chi connectivity index (χ1n) is 5.36. The number of benzene rings is 2. The van der Waals surface area contributed by atoms with E-state index in [1.165, 1.54) is 0 Å². The maximum Gasteiger partial charge on any atom is 0.336 e. The lowest BCUT2D eigenvalue weighted by Gasteiger charge is -2.04. The van der Waals surface area contributed by atoms with Crippen molar-refractivity contribution in [3.05, 3.63) is 80.1 Å². The van der Waals surface area contributed by atoms with Crippen molar-refractivity contribution in [1.29, 1.82) is 0 Å². The molecule has 0 saturated carbocycles. The number of ether oxygens (including phenoxy) is 1. The van der Waals surface area contributed by atoms with Gasteiger partial charge in [-0.1, -0.05) is 0 Å². The molecule has 0 N–H and O–H groups in total. The summed E-state index contributed by atoms with van der Waals surface area (Å²) in [6, 6.07) is 18.1. The van der Waals surface area contributed by atoms with Crippen molar-refractivity contribution in [2.75, 3.05) is 0 Å². The molecular formula is C14H8N2O3. The van der Waals surface area contributed by atoms with E-state index in [1.54, 1.807) is 48.5 Å². The van der Waals surface area contributed by atoms with Gasteiger partial charge in [-0.25, -0.2) is 0 Å². The lowest BCUT2D eigenvalue weighted by molar-refractivity contribution is 0.482. The molecule has 2 aromatic rings. The third kappa shape index (κ3) is 3.39. The quantitative estimate of drug-likeness (QED) is 0.763. The topological polar surface area (TPSA) is 64.1 Å². The molecule has 0 bridgehead atoms. The highest BCUT2D eigenvalue weighted by atomic mass is 16.5. The Morgan fingerprint density at radius 1 is 0.684 bits per heavy atom. The zero-order valence-electron chi connectivity index (χ0n) is 9.74. The molecule has 0 unspecified atom stereocenters. The summed E-state index contributed by atoms with van der Waals surface area (Å²) in [5, 5.41) is 25.1. The maximum atomic E-state index is 10.0. The fourth-order valence-electron chi connectivity index (χ4n) is 1.44. The van der Waals surface area contributed by atoms with Gasteiger partial charge in [-0.2, -0.15) is 0 Å². The van der Waals surface area contributed by atoms with Gasteiger partial charge in [0.05, 0.1) is 0 Å². The van der Waals surface area contributed by atoms with Gasteiger partial charge in [-0.15, -0.1) is 0 Å². The highest BCUT2D eigenvalue weighted by Gasteiger charge is 2.00. The molecule has 0 spiro atoms. The van der Waals surface area contributed by atoms with E-state index in [4.69, 9.17) is 4.74 Å². The minimum absolute atomic E-state index is 0.582. The molecule has 0 amide bonds. The molecule has 0 aliphatic heterocycles. The molecule has 0 heterocycles. The summed E-state index contributed by atoms with van der Waals surface area (Å²) in [5.74, 6) is 1.23. The molecule has 92 valence electrons. The summed E-state index contributed by atoms with van der Waals surface area (Å²) < 4.78 is 5.57. The van der Waals surface area contributed by atoms with Crippen LogP contribution in [0, 0.1) is 22.6 Å². The molecule has 0 radical (unpaired) electrons. The van der Waals surface area contributed by atoms with Gasteiger partial charge in [0, 0.05) is 10.0 Å². The number of rotatable bonds is 2. The van der Waals surface area contributed by atoms with Crippen LogP contribution in [0.2, 0.25) is 0 Å². The van der Waals surface area contributed by atoms with Crippen molar-refractivity contribution in [3.8, 4) is 23.6 Å². The van der Waals surface area contributed by atoms with Crippen molar-refractivity contribution >= 4 is 0 Å². The van der Waals surface area contributed by atoms with Gasteiger partial charge in [0.25, 0.3) is 0 Å². The van der Waals surface area contributed by atoms with Crippen LogP contribution >= 0.6 is 0 Å². The lowest BCUT2D eigenvalue weighted by Crippen LogP contribution is -1.84. The molecule has 0 aliphatic carbocycles. The van der Waals surface area contributed by atoms with Gasteiger partial charge >= 0.3 is 12.1 Å². The monoisotopic (exact) mass is 252 g/mol. The van der Waals surface area contributed by atoms with Crippen LogP contribution in [-0.2, 0) is 0 Å². The van der Waals surface area contributed by atoms with Gasteiger partial charge in [-0.05, 0) is 48.5 Å². The van der Waals surface area contributed by atoms with E-state index in [9.17, 15) is 10.4 Å². The smallest absolute Gasteiger partial charge is 0.336 e. The number of nitrogens with zero attached hydrogens (tertiary/aromatic N) is 2. The Morgan fingerprint density at radius 3 is 1.37 bits per heavy atom. The Balaban J connectivity index is 2.10. The molecule has 2 aromatic carbocycles. The van der Waals surface area contributed by atoms with Crippen LogP contribution in [0.25, 0.3) is 10.0 Å². The minimum atomic E-state index is 0.582. The molecule has 2 rings (SSSR count). The summed E-state index contributed by atoms with van der Waals surface area (Å²) in [6.45, 7) is 0. The highest BCUT2D eigenvalue weighted by molar-refractivity contribution is 5.41. The highest BCUT2D eigenvalue weighted by Crippen LogP contribution is 2.21. The van der Waals surface area contributed by atoms with E-state index >= 15 is 0 Å². The Kier molecular flexibility index (Phi) is 3.84. The molecule has 5 nitrogen and oxygen atoms in total. The van der Waals surface area contributed by atoms with Gasteiger partial charge in [0.2, 0.25) is 0 Å². The molecule has 5 heteroatoms. The van der Waals surface area contributed by atoms with Crippen LogP contribution in [0.5, 0.6) is 11.5 Å². The predicted octanol–water partition coefficient (Wildman–Crippen LogP) is 3.84. The average Bonchev–Trinajstić information content (AvgIpc) is 2.44. The van der Waals surface area contributed by atoms with Crippen molar-refractivity contribution in [1.82, 2.24) is 0 Å². The second kappa shape index (κ2) is 5.95. The zero-order valence-corrected chi connectivity index (χ0v) is 9.74. The van der Waals surface area contributed by atoms with Gasteiger partial charge < -0.3 is 15.2 Å². The predicted molar refractivity (Wildman–Crippen MR) is 72.4 cm³/mol. The van der Waals surface area contributed by atoms with E-state index < -0.39 is 0 Å². The van der Waals surface area contributed by atoms with Gasteiger partial charge in [0.15, 0.2) is 0 Å². The molecule has 0 aromatic heterocycles. The van der Waals surface area contributed by atoms with E-state index in [0.717, 1.165) is 0 Å². The summed E-state index contributed by atoms with van der Waals surface area (Å²) in [5.41, 5.74) is 1.16. The van der Waals surface area contributed by atoms with E-state index in [1.807, 2.05) is 0 Å². The number of hydrogen-bond acceptors (Lipinski definition) is 3. The molecule has 0 fully saturated rings. The standard InChI is InChI=1S/C14H8N2O3/c17-15-9-11-1-5-13(6-2-11)19-14-7-3-12(4-8-14)10-16-18/h1-8H. The second-order valence-corrected chi connectivity index (χ2v) is 3.56. The fourth-order valence-corrected chi connectivity index (χ4v) is 1.44. The van der Waals surface area contributed by atoms with Crippen LogP contribution in [0.4, 0.5) is 0 Å². The summed E-state index contributed by atoms with van der Waals surface area (Å²) in [7, 11) is 0. The SMILES string of the molecule is [O-][N+]#Cc1ccc(Oc2ccc(C#[N+][O-])cc2)cc1. The number of hydrogen-bond donors (Lipinski definition) is 0. The van der Waals surface area contributed by atoms with Crippen molar-refractivity contribution in [2.24, 2.45) is 0 Å². The first-order valence-corrected chi connectivity index (χ1v) is 5.36. The molecule has 0 atom stereocenters. The first kappa shape index (κ1) is 12.3. The summed E-state index contributed by atoms with van der Waals surface area (Å²) >= 11 is 0. The lowest BCUT2D eigenvalue weighted by atomic mass is 10.2. The van der Waals surface area contributed by atoms with Crippen molar-refractivity contribution in [2.45, 2.75) is 0 Å². The van der Waals surface area contributed by atoms with Crippen LogP contribution in [0.3, 0.4) is 0 Å². The molecule has 19 heavy (non-hydrogen) atoms.